The number of methoxy groups -OCH3 is 1. The van der Waals surface area contributed by atoms with Gasteiger partial charge < -0.3 is 4.74 Å². The number of benzene rings is 1. The summed E-state index contributed by atoms with van der Waals surface area (Å²) in [5, 5.41) is 10.1. The summed E-state index contributed by atoms with van der Waals surface area (Å²) in [5.74, 6) is -1.57. The Labute approximate surface area is 188 Å². The molecule has 9 heteroatoms. The number of carbonyl (C=O) groups excluding carboxylic acids is 1. The number of anilines is 1. The molecule has 0 radical (unpaired) electrons. The number of carbonyl (C=O) groups is 1. The first-order valence-electron chi connectivity index (χ1n) is 9.65. The van der Waals surface area contributed by atoms with Gasteiger partial charge in [-0.15, -0.1) is 0 Å². The topological polar surface area (TPSA) is 78.2 Å². The first-order chi connectivity index (χ1) is 15.3. The molecule has 1 N–H and O–H groups in total. The number of rotatable bonds is 6. The monoisotopic (exact) mass is 454 g/mol. The summed E-state index contributed by atoms with van der Waals surface area (Å²) in [6.07, 6.45) is 3.68. The summed E-state index contributed by atoms with van der Waals surface area (Å²) in [7, 11) is 1.33. The number of pyridine rings is 1. The third-order valence-corrected chi connectivity index (χ3v) is 5.43. The number of nitrogens with zero attached hydrogens (tertiary/aromatic N) is 3. The van der Waals surface area contributed by atoms with Crippen molar-refractivity contribution in [2.75, 3.05) is 12.5 Å². The number of aromatic nitrogens is 1. The van der Waals surface area contributed by atoms with Gasteiger partial charge in [-0.25, -0.2) is 13.8 Å². The molecular formula is C23H17ClF2N4O2. The van der Waals surface area contributed by atoms with E-state index in [4.69, 9.17) is 16.3 Å². The Morgan fingerprint density at radius 1 is 1.28 bits per heavy atom. The van der Waals surface area contributed by atoms with Gasteiger partial charge in [-0.1, -0.05) is 26.0 Å². The first-order valence-corrected chi connectivity index (χ1v) is 10.0. The molecule has 3 heterocycles. The number of nitrogens with one attached hydrogen (secondary N) is 1. The predicted octanol–water partition coefficient (Wildman–Crippen LogP) is 5.31. The molecule has 162 valence electrons. The number of hydrogen-bond acceptors (Lipinski definition) is 6. The summed E-state index contributed by atoms with van der Waals surface area (Å²) in [6, 6.07) is 7.11. The molecule has 1 aromatic heterocycles. The fourth-order valence-electron chi connectivity index (χ4n) is 3.69. The van der Waals surface area contributed by atoms with Gasteiger partial charge in [-0.3, -0.25) is 15.2 Å². The van der Waals surface area contributed by atoms with Gasteiger partial charge in [0.25, 0.3) is 5.24 Å². The van der Waals surface area contributed by atoms with Crippen LogP contribution in [0.25, 0.3) is 11.3 Å². The summed E-state index contributed by atoms with van der Waals surface area (Å²) in [6.45, 7) is 3.96. The van der Waals surface area contributed by atoms with Crippen LogP contribution in [0.15, 0.2) is 59.0 Å². The van der Waals surface area contributed by atoms with Gasteiger partial charge in [-0.05, 0) is 47.4 Å². The molecule has 4 rings (SSSR count). The van der Waals surface area contributed by atoms with Gasteiger partial charge in [-0.2, -0.15) is 5.26 Å². The van der Waals surface area contributed by atoms with Gasteiger partial charge in [0.2, 0.25) is 0 Å². The van der Waals surface area contributed by atoms with Gasteiger partial charge in [0.15, 0.2) is 11.6 Å². The van der Waals surface area contributed by atoms with Crippen LogP contribution in [0.5, 0.6) is 5.75 Å². The molecule has 0 saturated heterocycles. The minimum absolute atomic E-state index is 0.0790. The number of nitriles is 1. The summed E-state index contributed by atoms with van der Waals surface area (Å²) in [5.41, 5.74) is 4.76. The van der Waals surface area contributed by atoms with Crippen LogP contribution in [0.2, 0.25) is 0 Å². The van der Waals surface area contributed by atoms with Crippen LogP contribution in [0.4, 0.5) is 14.6 Å². The van der Waals surface area contributed by atoms with E-state index in [0.717, 1.165) is 17.7 Å². The lowest BCUT2D eigenvalue weighted by atomic mass is 9.85. The fraction of sp³-hybridized carbons (Fsp3) is 0.174. The molecule has 0 atom stereocenters. The molecule has 0 spiro atoms. The van der Waals surface area contributed by atoms with E-state index in [2.05, 4.69) is 16.5 Å². The molecule has 2 aromatic rings. The van der Waals surface area contributed by atoms with E-state index in [-0.39, 0.29) is 34.3 Å². The van der Waals surface area contributed by atoms with E-state index in [1.54, 1.807) is 11.1 Å². The van der Waals surface area contributed by atoms with E-state index < -0.39 is 16.9 Å². The van der Waals surface area contributed by atoms with E-state index in [1.807, 2.05) is 19.9 Å². The summed E-state index contributed by atoms with van der Waals surface area (Å²) in [4.78, 5) is 16.2. The predicted molar refractivity (Wildman–Crippen MR) is 115 cm³/mol. The van der Waals surface area contributed by atoms with Crippen LogP contribution in [0, 0.1) is 28.9 Å². The van der Waals surface area contributed by atoms with Crippen molar-refractivity contribution in [1.82, 2.24) is 9.99 Å². The van der Waals surface area contributed by atoms with Crippen molar-refractivity contribution in [3.8, 4) is 23.1 Å². The van der Waals surface area contributed by atoms with Crippen molar-refractivity contribution >= 4 is 22.7 Å². The third kappa shape index (κ3) is 3.31. The van der Waals surface area contributed by atoms with Crippen LogP contribution in [0.3, 0.4) is 0 Å². The van der Waals surface area contributed by atoms with E-state index in [0.29, 0.717) is 17.0 Å². The smallest absolute Gasteiger partial charge is 0.256 e. The lowest BCUT2D eigenvalue weighted by Crippen LogP contribution is -2.42. The van der Waals surface area contributed by atoms with E-state index in [9.17, 15) is 18.8 Å². The SMILES string of the molecule is COc1cccc(F)c1-c1nc(NN2c3ccc(C(C)C)c2c3C#N)c(C(=O)Cl)cc1F. The Hall–Kier alpha value is -3.70. The number of allylic oxidation sites excluding steroid dienone is 4. The average Bonchev–Trinajstić information content (AvgIpc) is 2.77. The molecule has 0 unspecified atom stereocenters. The van der Waals surface area contributed by atoms with Crippen LogP contribution >= 0.6 is 11.6 Å². The molecule has 0 saturated carbocycles. The van der Waals surface area contributed by atoms with Gasteiger partial charge in [0, 0.05) is 0 Å². The second-order valence-corrected chi connectivity index (χ2v) is 7.76. The summed E-state index contributed by atoms with van der Waals surface area (Å²) < 4.78 is 34.7. The number of fused-ring (bicyclic) bond motifs is 2. The Kier molecular flexibility index (Phi) is 5.45. The molecule has 1 aromatic carbocycles. The maximum Gasteiger partial charge on any atom is 0.256 e. The lowest BCUT2D eigenvalue weighted by Gasteiger charge is -2.43. The third-order valence-electron chi connectivity index (χ3n) is 5.22. The van der Waals surface area contributed by atoms with Crippen molar-refractivity contribution in [2.45, 2.75) is 13.8 Å². The van der Waals surface area contributed by atoms with E-state index >= 15 is 0 Å². The van der Waals surface area contributed by atoms with Crippen molar-refractivity contribution in [1.29, 1.82) is 5.26 Å². The van der Waals surface area contributed by atoms with Gasteiger partial charge in [0.1, 0.15) is 28.9 Å². The molecule has 0 amide bonds. The minimum Gasteiger partial charge on any atom is -0.496 e. The van der Waals surface area contributed by atoms with Crippen molar-refractivity contribution < 1.29 is 18.3 Å². The Bertz CT molecular complexity index is 1290. The van der Waals surface area contributed by atoms with Gasteiger partial charge >= 0.3 is 0 Å². The average molecular weight is 455 g/mol. The highest BCUT2D eigenvalue weighted by Crippen LogP contribution is 2.45. The zero-order valence-corrected chi connectivity index (χ0v) is 18.1. The first kappa shape index (κ1) is 21.5. The molecule has 0 fully saturated rings. The Balaban J connectivity index is 1.83. The largest absolute Gasteiger partial charge is 0.496 e. The fourth-order valence-corrected chi connectivity index (χ4v) is 3.84. The van der Waals surface area contributed by atoms with Gasteiger partial charge in [0.05, 0.1) is 29.6 Å². The highest BCUT2D eigenvalue weighted by Gasteiger charge is 2.39. The standard InChI is InChI=1S/C23H17ClF2N4O2/c1-11(2)12-7-8-17-14(10-27)21(12)30(17)29-23-13(22(24)31)9-16(26)20(28-23)19-15(25)5-4-6-18(19)32-3/h4-9,11H,1-3H3,(H,28,29). The maximum absolute atomic E-state index is 14.9. The zero-order chi connectivity index (χ0) is 23.2. The van der Waals surface area contributed by atoms with Crippen LogP contribution < -0.4 is 10.2 Å². The maximum atomic E-state index is 14.9. The van der Waals surface area contributed by atoms with Crippen molar-refractivity contribution in [3.63, 3.8) is 0 Å². The normalized spacial score (nSPS) is 14.5. The van der Waals surface area contributed by atoms with E-state index in [1.165, 1.54) is 19.2 Å². The zero-order valence-electron chi connectivity index (χ0n) is 17.3. The lowest BCUT2D eigenvalue weighted by molar-refractivity contribution is 0.108. The Morgan fingerprint density at radius 3 is 2.66 bits per heavy atom. The van der Waals surface area contributed by atoms with Crippen molar-refractivity contribution in [3.05, 3.63) is 76.2 Å². The quantitative estimate of drug-likeness (QED) is 0.595. The van der Waals surface area contributed by atoms with Crippen LogP contribution in [-0.4, -0.2) is 22.3 Å². The molecule has 2 aliphatic heterocycles. The molecule has 2 bridgehead atoms. The molecule has 0 aliphatic carbocycles. The highest BCUT2D eigenvalue weighted by molar-refractivity contribution is 6.68. The molecule has 6 nitrogen and oxygen atoms in total. The second-order valence-electron chi connectivity index (χ2n) is 7.42. The number of hydrogen-bond donors (Lipinski definition) is 1. The highest BCUT2D eigenvalue weighted by atomic mass is 35.5. The molecular weight excluding hydrogens is 438 g/mol. The summed E-state index contributed by atoms with van der Waals surface area (Å²) >= 11 is 5.68. The number of halogens is 3. The molecule has 32 heavy (non-hydrogen) atoms. The minimum atomic E-state index is -0.945. The Morgan fingerprint density at radius 2 is 2.03 bits per heavy atom. The second kappa shape index (κ2) is 8.09. The number of hydrazine groups is 1. The molecule has 2 aliphatic rings. The van der Waals surface area contributed by atoms with Crippen LogP contribution in [-0.2, 0) is 0 Å². The number of ether oxygens (including phenoxy) is 1. The van der Waals surface area contributed by atoms with Crippen LogP contribution in [0.1, 0.15) is 24.2 Å². The van der Waals surface area contributed by atoms with Crippen molar-refractivity contribution in [2.24, 2.45) is 5.92 Å².